The highest BCUT2D eigenvalue weighted by atomic mass is 16.5. The molecular weight excluding hydrogens is 488 g/mol. The summed E-state index contributed by atoms with van der Waals surface area (Å²) in [6, 6.07) is 10.6. The summed E-state index contributed by atoms with van der Waals surface area (Å²) in [7, 11) is 1.37. The number of piperidine rings is 1. The van der Waals surface area contributed by atoms with Crippen molar-refractivity contribution in [2.75, 3.05) is 26.7 Å². The predicted octanol–water partition coefficient (Wildman–Crippen LogP) is 6.15. The van der Waals surface area contributed by atoms with E-state index in [0.29, 0.717) is 38.2 Å². The van der Waals surface area contributed by atoms with E-state index in [1.54, 1.807) is 4.90 Å². The maximum Gasteiger partial charge on any atom is 0.409 e. The van der Waals surface area contributed by atoms with E-state index in [1.807, 2.05) is 12.2 Å². The summed E-state index contributed by atoms with van der Waals surface area (Å²) in [6.07, 6.45) is 19.8. The number of nitrogens with two attached hydrogens (primary N) is 1. The fourth-order valence-electron chi connectivity index (χ4n) is 4.95. The fourth-order valence-corrected chi connectivity index (χ4v) is 4.95. The van der Waals surface area contributed by atoms with Crippen LogP contribution in [0.4, 0.5) is 4.79 Å². The van der Waals surface area contributed by atoms with Crippen molar-refractivity contribution in [1.29, 1.82) is 0 Å². The first-order valence-electron chi connectivity index (χ1n) is 14.2. The summed E-state index contributed by atoms with van der Waals surface area (Å²) in [5, 5.41) is 0. The highest BCUT2D eigenvalue weighted by Gasteiger charge is 2.27. The number of carbonyl (C=O) groups is 2. The Morgan fingerprint density at radius 2 is 1.90 bits per heavy atom. The molecule has 1 aliphatic heterocycles. The van der Waals surface area contributed by atoms with Gasteiger partial charge in [-0.3, -0.25) is 4.79 Å². The Kier molecular flexibility index (Phi) is 12.6. The number of hydrogen-bond acceptors (Lipinski definition) is 4. The third-order valence-corrected chi connectivity index (χ3v) is 7.22. The third-order valence-electron chi connectivity index (χ3n) is 7.22. The fraction of sp³-hybridized carbons (Fsp3) is 0.469. The summed E-state index contributed by atoms with van der Waals surface area (Å²) >= 11 is 0. The van der Waals surface area contributed by atoms with E-state index in [0.717, 1.165) is 38.8 Å². The lowest BCUT2D eigenvalue weighted by molar-refractivity contribution is -0.122. The van der Waals surface area contributed by atoms with Crippen LogP contribution in [0.2, 0.25) is 0 Å². The van der Waals surface area contributed by atoms with E-state index < -0.39 is 0 Å². The molecule has 1 heterocycles. The maximum atomic E-state index is 12.6. The third kappa shape index (κ3) is 10.2. The molecule has 3 rings (SSSR count). The number of carbonyl (C=O) groups excluding carboxylic acids is 2. The number of allylic oxidation sites excluding steroid dienone is 6. The van der Waals surface area contributed by atoms with Gasteiger partial charge in [-0.25, -0.2) is 9.79 Å². The number of ether oxygens (including phenoxy) is 1. The molecule has 2 amide bonds. The average Bonchev–Trinajstić information content (AvgIpc) is 2.94. The van der Waals surface area contributed by atoms with Gasteiger partial charge in [0.1, 0.15) is 5.84 Å². The first-order valence-corrected chi connectivity index (χ1v) is 14.2. The van der Waals surface area contributed by atoms with Gasteiger partial charge in [0.05, 0.1) is 7.11 Å². The van der Waals surface area contributed by atoms with Crippen LogP contribution >= 0.6 is 0 Å². The van der Waals surface area contributed by atoms with Crippen molar-refractivity contribution in [2.24, 2.45) is 16.6 Å². The second-order valence-electron chi connectivity index (χ2n) is 10.1. The Hall–Kier alpha value is -3.61. The molecule has 0 radical (unpaired) electrons. The van der Waals surface area contributed by atoms with E-state index in [9.17, 15) is 9.59 Å². The van der Waals surface area contributed by atoms with Crippen molar-refractivity contribution >= 4 is 17.8 Å². The van der Waals surface area contributed by atoms with Crippen LogP contribution in [0, 0.1) is 5.92 Å². The Labute approximate surface area is 233 Å². The van der Waals surface area contributed by atoms with E-state index >= 15 is 0 Å². The zero-order chi connectivity index (χ0) is 27.9. The summed E-state index contributed by atoms with van der Waals surface area (Å²) in [4.78, 5) is 32.4. The highest BCUT2D eigenvalue weighted by molar-refractivity contribution is 5.95. The molecule has 1 aromatic carbocycles. The number of nitrogens with zero attached hydrogens (tertiary/aromatic N) is 3. The van der Waals surface area contributed by atoms with Crippen LogP contribution in [0.1, 0.15) is 63.9 Å². The zero-order valence-corrected chi connectivity index (χ0v) is 23.6. The number of benzene rings is 1. The zero-order valence-electron chi connectivity index (χ0n) is 23.6. The molecule has 39 heavy (non-hydrogen) atoms. The number of amidine groups is 1. The number of methoxy groups -OCH3 is 1. The van der Waals surface area contributed by atoms with Gasteiger partial charge in [-0.15, -0.1) is 0 Å². The first-order chi connectivity index (χ1) is 19.0. The lowest BCUT2D eigenvalue weighted by Crippen LogP contribution is -2.40. The van der Waals surface area contributed by atoms with E-state index in [2.05, 4.69) is 71.5 Å². The van der Waals surface area contributed by atoms with Gasteiger partial charge in [0.15, 0.2) is 0 Å². The second-order valence-corrected chi connectivity index (χ2v) is 10.1. The lowest BCUT2D eigenvalue weighted by atomic mass is 9.96. The number of rotatable bonds is 10. The maximum absolute atomic E-state index is 12.6. The number of aliphatic imine (C=N–C) groups is 1. The van der Waals surface area contributed by atoms with Gasteiger partial charge in [0.2, 0.25) is 0 Å². The monoisotopic (exact) mass is 532 g/mol. The van der Waals surface area contributed by atoms with Gasteiger partial charge in [-0.1, -0.05) is 73.2 Å². The van der Waals surface area contributed by atoms with E-state index in [1.165, 1.54) is 30.4 Å². The molecule has 0 spiro atoms. The Bertz CT molecular complexity index is 1080. The molecule has 0 saturated carbocycles. The van der Waals surface area contributed by atoms with Crippen LogP contribution in [0.5, 0.6) is 0 Å². The normalized spacial score (nSPS) is 19.6. The van der Waals surface area contributed by atoms with Crippen molar-refractivity contribution in [3.05, 3.63) is 83.6 Å². The minimum absolute atomic E-state index is 0.203. The molecule has 0 bridgehead atoms. The molecule has 0 unspecified atom stereocenters. The summed E-state index contributed by atoms with van der Waals surface area (Å²) in [6.45, 7) is 4.93. The first kappa shape index (κ1) is 29.9. The van der Waals surface area contributed by atoms with Crippen LogP contribution in [0.25, 0.3) is 0 Å². The van der Waals surface area contributed by atoms with Crippen molar-refractivity contribution in [2.45, 2.75) is 64.8 Å². The van der Waals surface area contributed by atoms with Crippen molar-refractivity contribution in [1.82, 2.24) is 9.80 Å². The largest absolute Gasteiger partial charge is 0.453 e. The van der Waals surface area contributed by atoms with Gasteiger partial charge < -0.3 is 20.3 Å². The van der Waals surface area contributed by atoms with Crippen LogP contribution in [-0.2, 0) is 16.1 Å². The van der Waals surface area contributed by atoms with Crippen molar-refractivity contribution in [3.8, 4) is 0 Å². The topological polar surface area (TPSA) is 88.2 Å². The molecule has 1 aromatic rings. The molecule has 0 atom stereocenters. The predicted molar refractivity (Wildman–Crippen MR) is 158 cm³/mol. The average molecular weight is 533 g/mol. The van der Waals surface area contributed by atoms with Gasteiger partial charge in [0.25, 0.3) is 5.91 Å². The SMILES string of the molecule is CC/C(=C\C=C/CC(N)=NC(=O)C1CCN(C(=O)OC)CC1)N(C/C1=C/CCC/C=C\C1)Cc1ccccc1. The lowest BCUT2D eigenvalue weighted by Gasteiger charge is -2.29. The van der Waals surface area contributed by atoms with Crippen LogP contribution < -0.4 is 5.73 Å². The Morgan fingerprint density at radius 1 is 1.13 bits per heavy atom. The van der Waals surface area contributed by atoms with Gasteiger partial charge in [0, 0.05) is 44.2 Å². The number of amides is 2. The summed E-state index contributed by atoms with van der Waals surface area (Å²) in [5.74, 6) is -0.0968. The summed E-state index contributed by atoms with van der Waals surface area (Å²) in [5.41, 5.74) is 10.1. The van der Waals surface area contributed by atoms with Crippen LogP contribution in [0.3, 0.4) is 0 Å². The quantitative estimate of drug-likeness (QED) is 0.169. The van der Waals surface area contributed by atoms with Crippen LogP contribution in [-0.4, -0.2) is 54.4 Å². The minimum Gasteiger partial charge on any atom is -0.453 e. The smallest absolute Gasteiger partial charge is 0.409 e. The minimum atomic E-state index is -0.353. The molecular formula is C32H44N4O3. The van der Waals surface area contributed by atoms with Gasteiger partial charge in [-0.2, -0.15) is 0 Å². The standard InChI is InChI=1S/C32H44N4O3/c1-3-29(36(25-27-16-10-7-11-17-27)24-26-14-8-5-4-6-9-15-26)18-12-13-19-30(33)34-31(37)28-20-22-35(23-21-28)32(38)39-2/h5,7-8,10-13,15-18,28H,3-4,6,9,14,19-25H2,1-2H3,(H2,33,34,37)/b8-5-,13-12-,26-15+,29-18+. The van der Waals surface area contributed by atoms with E-state index in [-0.39, 0.29) is 17.9 Å². The molecule has 2 N–H and O–H groups in total. The summed E-state index contributed by atoms with van der Waals surface area (Å²) < 4.78 is 4.76. The molecule has 2 aliphatic rings. The Balaban J connectivity index is 1.61. The molecule has 7 heteroatoms. The molecule has 210 valence electrons. The molecule has 1 saturated heterocycles. The van der Waals surface area contributed by atoms with Crippen molar-refractivity contribution in [3.63, 3.8) is 0 Å². The highest BCUT2D eigenvalue weighted by Crippen LogP contribution is 2.21. The van der Waals surface area contributed by atoms with E-state index in [4.69, 9.17) is 10.5 Å². The number of hydrogen-bond donors (Lipinski definition) is 1. The molecule has 7 nitrogen and oxygen atoms in total. The molecule has 0 aromatic heterocycles. The second kappa shape index (κ2) is 16.4. The molecule has 1 fully saturated rings. The Morgan fingerprint density at radius 3 is 2.62 bits per heavy atom. The van der Waals surface area contributed by atoms with Crippen molar-refractivity contribution < 1.29 is 14.3 Å². The van der Waals surface area contributed by atoms with Crippen LogP contribution in [0.15, 0.2) is 83.1 Å². The van der Waals surface area contributed by atoms with Gasteiger partial charge in [-0.05, 0) is 56.6 Å². The number of likely N-dealkylation sites (tertiary alicyclic amines) is 1. The van der Waals surface area contributed by atoms with Gasteiger partial charge >= 0.3 is 6.09 Å². The molecule has 1 aliphatic carbocycles.